The molecule has 2 aliphatic rings. The van der Waals surface area contributed by atoms with Crippen molar-refractivity contribution >= 4 is 16.9 Å². The fourth-order valence-corrected chi connectivity index (χ4v) is 5.94. The Kier molecular flexibility index (Phi) is 5.17. The molecule has 0 spiro atoms. The van der Waals surface area contributed by atoms with E-state index < -0.39 is 11.7 Å². The number of nitrogens with one attached hydrogen (secondary N) is 1. The molecule has 172 valence electrons. The van der Waals surface area contributed by atoms with E-state index >= 15 is 4.39 Å². The molecule has 2 saturated heterocycles. The summed E-state index contributed by atoms with van der Waals surface area (Å²) in [5.41, 5.74) is 1.17. The lowest BCUT2D eigenvalue weighted by Gasteiger charge is -2.45. The fourth-order valence-electron chi connectivity index (χ4n) is 5.03. The van der Waals surface area contributed by atoms with Crippen molar-refractivity contribution in [1.29, 1.82) is 0 Å². The first-order valence-corrected chi connectivity index (χ1v) is 11.6. The molecule has 8 nitrogen and oxygen atoms in total. The van der Waals surface area contributed by atoms with Crippen molar-refractivity contribution in [2.24, 2.45) is 5.92 Å². The van der Waals surface area contributed by atoms with Crippen LogP contribution in [0, 0.1) is 5.92 Å². The van der Waals surface area contributed by atoms with Crippen molar-refractivity contribution in [1.82, 2.24) is 30.5 Å². The molecule has 1 aromatic carbocycles. The van der Waals surface area contributed by atoms with Crippen LogP contribution < -0.4 is 10.1 Å². The normalized spacial score (nSPS) is 28.6. The number of phenolic OH excluding ortho intramolecular Hbond substituents is 1. The fraction of sp³-hybridized carbons (Fsp3) is 0.435. The van der Waals surface area contributed by atoms with Gasteiger partial charge in [-0.3, -0.25) is 0 Å². The number of hydrogen-bond donors (Lipinski definition) is 2. The van der Waals surface area contributed by atoms with E-state index in [9.17, 15) is 5.11 Å². The van der Waals surface area contributed by atoms with Gasteiger partial charge in [0.15, 0.2) is 10.8 Å². The molecule has 0 radical (unpaired) electrons. The van der Waals surface area contributed by atoms with E-state index in [0.29, 0.717) is 39.0 Å². The van der Waals surface area contributed by atoms with Crippen LogP contribution in [0.5, 0.6) is 11.8 Å². The third kappa shape index (κ3) is 3.76. The summed E-state index contributed by atoms with van der Waals surface area (Å²) < 4.78 is 20.5. The number of phenols is 1. The highest BCUT2D eigenvalue weighted by Crippen LogP contribution is 2.50. The number of rotatable bonds is 5. The van der Waals surface area contributed by atoms with Crippen molar-refractivity contribution in [3.8, 4) is 33.7 Å². The van der Waals surface area contributed by atoms with Gasteiger partial charge in [-0.15, -0.1) is 10.2 Å². The van der Waals surface area contributed by atoms with E-state index in [0.717, 1.165) is 12.8 Å². The second-order valence-electron chi connectivity index (χ2n) is 9.28. The number of alkyl halides is 1. The van der Waals surface area contributed by atoms with Crippen LogP contribution in [0.25, 0.3) is 27.5 Å². The van der Waals surface area contributed by atoms with Gasteiger partial charge >= 0.3 is 6.01 Å². The Labute approximate surface area is 195 Å². The Morgan fingerprint density at radius 2 is 2.09 bits per heavy atom. The van der Waals surface area contributed by atoms with Crippen molar-refractivity contribution in [2.75, 3.05) is 7.11 Å². The molecule has 0 amide bonds. The second-order valence-corrected chi connectivity index (χ2v) is 10.3. The molecule has 5 rings (SSSR count). The van der Waals surface area contributed by atoms with Gasteiger partial charge in [-0.05, 0) is 50.8 Å². The zero-order valence-corrected chi connectivity index (χ0v) is 19.5. The minimum Gasteiger partial charge on any atom is -0.507 e. The van der Waals surface area contributed by atoms with Crippen LogP contribution in [0.3, 0.4) is 0 Å². The monoisotopic (exact) mass is 468 g/mol. The van der Waals surface area contributed by atoms with Gasteiger partial charge in [-0.25, -0.2) is 9.37 Å². The first kappa shape index (κ1) is 21.8. The maximum absolute atomic E-state index is 15.5. The molecule has 0 unspecified atom stereocenters. The zero-order valence-electron chi connectivity index (χ0n) is 18.7. The molecule has 0 saturated carbocycles. The Balaban J connectivity index is 1.40. The lowest BCUT2D eigenvalue weighted by molar-refractivity contribution is 0.0771. The lowest BCUT2D eigenvalue weighted by atomic mass is 9.75. The number of aromatic hydroxyl groups is 1. The summed E-state index contributed by atoms with van der Waals surface area (Å²) in [6.07, 6.45) is 2.73. The van der Waals surface area contributed by atoms with Gasteiger partial charge in [-0.1, -0.05) is 24.0 Å². The van der Waals surface area contributed by atoms with Crippen LogP contribution in [0.15, 0.2) is 31.1 Å². The summed E-state index contributed by atoms with van der Waals surface area (Å²) in [7, 11) is 1.47. The van der Waals surface area contributed by atoms with E-state index in [1.54, 1.807) is 18.2 Å². The van der Waals surface area contributed by atoms with Crippen molar-refractivity contribution in [2.45, 2.75) is 50.4 Å². The standard InChI is InChI=1S/C23H25FN6O2S/c1-12(15-10-22(2)7-8-23(3,30-22)17(15)24)19-28-29-20(33-19)14-6-5-13(9-16(14)31)18-25-11-26-21(27-18)32-4/h5-6,9,11,15,17,30-31H,1,7-8,10H2,2-4H3/t15-,17+,22+,23-/m1/s1. The average Bonchev–Trinajstić information content (AvgIpc) is 3.40. The summed E-state index contributed by atoms with van der Waals surface area (Å²) in [6, 6.07) is 5.27. The summed E-state index contributed by atoms with van der Waals surface area (Å²) in [4.78, 5) is 12.2. The maximum Gasteiger partial charge on any atom is 0.319 e. The minimum atomic E-state index is -1.04. The Hall–Kier alpha value is -2.98. The largest absolute Gasteiger partial charge is 0.507 e. The molecule has 33 heavy (non-hydrogen) atoms. The number of piperidine rings is 1. The molecular weight excluding hydrogens is 443 g/mol. The maximum atomic E-state index is 15.5. The van der Waals surface area contributed by atoms with Gasteiger partial charge in [0, 0.05) is 22.6 Å². The first-order chi connectivity index (χ1) is 15.7. The molecule has 2 aromatic heterocycles. The number of benzene rings is 1. The van der Waals surface area contributed by atoms with E-state index in [4.69, 9.17) is 4.74 Å². The third-order valence-corrected chi connectivity index (χ3v) is 7.81. The Morgan fingerprint density at radius 1 is 1.27 bits per heavy atom. The van der Waals surface area contributed by atoms with Crippen molar-refractivity contribution in [3.05, 3.63) is 36.1 Å². The highest BCUT2D eigenvalue weighted by molar-refractivity contribution is 7.15. The van der Waals surface area contributed by atoms with Crippen molar-refractivity contribution in [3.63, 3.8) is 0 Å². The van der Waals surface area contributed by atoms with E-state index in [-0.39, 0.29) is 23.2 Å². The molecule has 10 heteroatoms. The van der Waals surface area contributed by atoms with E-state index in [1.807, 2.05) is 6.92 Å². The van der Waals surface area contributed by atoms with E-state index in [2.05, 4.69) is 44.0 Å². The SMILES string of the molecule is C=C(c1nnc(-c2ccc(-c3ncnc(OC)n3)cc2O)s1)[C@H]1C[C@]2(C)CC[C@@](C)(N2)[C@H]1F. The van der Waals surface area contributed by atoms with Crippen LogP contribution in [0.4, 0.5) is 4.39 Å². The summed E-state index contributed by atoms with van der Waals surface area (Å²) >= 11 is 1.30. The smallest absolute Gasteiger partial charge is 0.319 e. The number of aromatic nitrogens is 5. The number of ether oxygens (including phenoxy) is 1. The second kappa shape index (κ2) is 7.81. The summed E-state index contributed by atoms with van der Waals surface area (Å²) in [5.74, 6) is 0.0781. The predicted octanol–water partition coefficient (Wildman–Crippen LogP) is 4.04. The third-order valence-electron chi connectivity index (χ3n) is 6.78. The molecule has 2 aliphatic heterocycles. The van der Waals surface area contributed by atoms with Gasteiger partial charge < -0.3 is 15.2 Å². The lowest BCUT2D eigenvalue weighted by Crippen LogP contribution is -2.60. The van der Waals surface area contributed by atoms with Crippen LogP contribution >= 0.6 is 11.3 Å². The molecule has 0 aliphatic carbocycles. The molecule has 4 atom stereocenters. The number of methoxy groups -OCH3 is 1. The summed E-state index contributed by atoms with van der Waals surface area (Å²) in [6.45, 7) is 8.31. The summed E-state index contributed by atoms with van der Waals surface area (Å²) in [5, 5.41) is 23.8. The van der Waals surface area contributed by atoms with Crippen LogP contribution in [-0.2, 0) is 0 Å². The van der Waals surface area contributed by atoms with Crippen LogP contribution in [0.1, 0.15) is 38.1 Å². The number of fused-ring (bicyclic) bond motifs is 2. The Morgan fingerprint density at radius 3 is 2.85 bits per heavy atom. The number of hydrogen-bond acceptors (Lipinski definition) is 9. The number of allylic oxidation sites excluding steroid dienone is 1. The van der Waals surface area contributed by atoms with Gasteiger partial charge in [-0.2, -0.15) is 9.97 Å². The quantitative estimate of drug-likeness (QED) is 0.578. The van der Waals surface area contributed by atoms with Gasteiger partial charge in [0.2, 0.25) is 0 Å². The molecular formula is C23H25FN6O2S. The average molecular weight is 469 g/mol. The predicted molar refractivity (Wildman–Crippen MR) is 124 cm³/mol. The first-order valence-electron chi connectivity index (χ1n) is 10.7. The topological polar surface area (TPSA) is 106 Å². The number of halogens is 1. The van der Waals surface area contributed by atoms with Gasteiger partial charge in [0.25, 0.3) is 0 Å². The van der Waals surface area contributed by atoms with Crippen molar-refractivity contribution < 1.29 is 14.2 Å². The van der Waals surface area contributed by atoms with Gasteiger partial charge in [0.1, 0.15) is 23.3 Å². The molecule has 2 N–H and O–H groups in total. The zero-order chi connectivity index (χ0) is 23.4. The minimum absolute atomic E-state index is 0.0171. The molecule has 2 fully saturated rings. The van der Waals surface area contributed by atoms with E-state index in [1.165, 1.54) is 24.8 Å². The molecule has 3 aromatic rings. The van der Waals surface area contributed by atoms with Crippen LogP contribution in [0.2, 0.25) is 0 Å². The number of nitrogens with zero attached hydrogens (tertiary/aromatic N) is 5. The molecule has 2 bridgehead atoms. The highest BCUT2D eigenvalue weighted by atomic mass is 32.1. The molecule has 4 heterocycles. The highest BCUT2D eigenvalue weighted by Gasteiger charge is 2.56. The van der Waals surface area contributed by atoms with Crippen LogP contribution in [-0.4, -0.2) is 54.6 Å². The Bertz CT molecular complexity index is 1240. The van der Waals surface area contributed by atoms with Gasteiger partial charge in [0.05, 0.1) is 12.7 Å².